The molecule has 2 rings (SSSR count). The highest BCUT2D eigenvalue weighted by Gasteiger charge is 2.27. The Morgan fingerprint density at radius 2 is 2.26 bits per heavy atom. The quantitative estimate of drug-likeness (QED) is 0.871. The first-order valence-corrected chi connectivity index (χ1v) is 8.10. The standard InChI is InChI=1S/C17H24N2O4/c1-12(2)23-14-6-3-9-18-16(14)17(22)19-10-4-5-13(11-19)7-8-15(20)21/h3,6,9,12-13H,4-5,7-8,10-11H2,1-2H3,(H,20,21). The highest BCUT2D eigenvalue weighted by atomic mass is 16.5. The van der Waals surface area contributed by atoms with Crippen molar-refractivity contribution in [3.63, 3.8) is 0 Å². The van der Waals surface area contributed by atoms with E-state index in [1.54, 1.807) is 23.2 Å². The van der Waals surface area contributed by atoms with E-state index in [4.69, 9.17) is 9.84 Å². The zero-order chi connectivity index (χ0) is 16.8. The van der Waals surface area contributed by atoms with Crippen LogP contribution in [0.1, 0.15) is 50.0 Å². The van der Waals surface area contributed by atoms with Crippen LogP contribution < -0.4 is 4.74 Å². The molecule has 1 unspecified atom stereocenters. The van der Waals surface area contributed by atoms with Crippen LogP contribution in [0.5, 0.6) is 5.75 Å². The van der Waals surface area contributed by atoms with Gasteiger partial charge in [0.05, 0.1) is 6.10 Å². The number of aliphatic carboxylic acids is 1. The second kappa shape index (κ2) is 7.94. The molecular weight excluding hydrogens is 296 g/mol. The number of likely N-dealkylation sites (tertiary alicyclic amines) is 1. The molecule has 0 aliphatic carbocycles. The van der Waals surface area contributed by atoms with Crippen molar-refractivity contribution in [1.82, 2.24) is 9.88 Å². The fraction of sp³-hybridized carbons (Fsp3) is 0.588. The van der Waals surface area contributed by atoms with Crippen LogP contribution in [-0.4, -0.2) is 46.1 Å². The third-order valence-corrected chi connectivity index (χ3v) is 3.91. The zero-order valence-corrected chi connectivity index (χ0v) is 13.7. The highest BCUT2D eigenvalue weighted by Crippen LogP contribution is 2.25. The van der Waals surface area contributed by atoms with Crippen LogP contribution in [0.15, 0.2) is 18.3 Å². The van der Waals surface area contributed by atoms with Gasteiger partial charge in [-0.3, -0.25) is 9.59 Å². The van der Waals surface area contributed by atoms with Gasteiger partial charge in [-0.25, -0.2) is 4.98 Å². The Balaban J connectivity index is 2.06. The van der Waals surface area contributed by atoms with E-state index in [1.807, 2.05) is 13.8 Å². The minimum absolute atomic E-state index is 0.0320. The van der Waals surface area contributed by atoms with Gasteiger partial charge in [-0.05, 0) is 51.2 Å². The Morgan fingerprint density at radius 1 is 1.48 bits per heavy atom. The van der Waals surface area contributed by atoms with E-state index in [-0.39, 0.29) is 24.3 Å². The maximum atomic E-state index is 12.8. The maximum Gasteiger partial charge on any atom is 0.303 e. The van der Waals surface area contributed by atoms with Crippen LogP contribution in [0.4, 0.5) is 0 Å². The Kier molecular flexibility index (Phi) is 5.96. The lowest BCUT2D eigenvalue weighted by molar-refractivity contribution is -0.137. The molecule has 1 saturated heterocycles. The largest absolute Gasteiger partial charge is 0.489 e. The molecule has 1 aliphatic heterocycles. The van der Waals surface area contributed by atoms with Gasteiger partial charge in [0.25, 0.3) is 5.91 Å². The molecule has 0 aromatic carbocycles. The SMILES string of the molecule is CC(C)Oc1cccnc1C(=O)N1CCCC(CCC(=O)O)C1. The molecule has 1 aliphatic rings. The third-order valence-electron chi connectivity index (χ3n) is 3.91. The summed E-state index contributed by atoms with van der Waals surface area (Å²) in [5.41, 5.74) is 0.333. The first kappa shape index (κ1) is 17.2. The molecule has 1 atom stereocenters. The number of aromatic nitrogens is 1. The fourth-order valence-corrected chi connectivity index (χ4v) is 2.86. The number of rotatable bonds is 6. The molecule has 1 amide bonds. The number of carbonyl (C=O) groups excluding carboxylic acids is 1. The van der Waals surface area contributed by atoms with E-state index in [1.165, 1.54) is 0 Å². The summed E-state index contributed by atoms with van der Waals surface area (Å²) < 4.78 is 5.68. The number of hydrogen-bond acceptors (Lipinski definition) is 4. The molecule has 6 nitrogen and oxygen atoms in total. The van der Waals surface area contributed by atoms with Crippen molar-refractivity contribution in [3.8, 4) is 5.75 Å². The second-order valence-corrected chi connectivity index (χ2v) is 6.21. The van der Waals surface area contributed by atoms with Crippen molar-refractivity contribution in [2.24, 2.45) is 5.92 Å². The minimum atomic E-state index is -0.786. The number of amides is 1. The fourth-order valence-electron chi connectivity index (χ4n) is 2.86. The summed E-state index contributed by atoms with van der Waals surface area (Å²) in [7, 11) is 0. The van der Waals surface area contributed by atoms with E-state index in [0.717, 1.165) is 12.8 Å². The Bertz CT molecular complexity index is 559. The van der Waals surface area contributed by atoms with Gasteiger partial charge in [-0.15, -0.1) is 0 Å². The second-order valence-electron chi connectivity index (χ2n) is 6.21. The summed E-state index contributed by atoms with van der Waals surface area (Å²) in [6.45, 7) is 5.08. The smallest absolute Gasteiger partial charge is 0.303 e. The number of ether oxygens (including phenoxy) is 1. The zero-order valence-electron chi connectivity index (χ0n) is 13.7. The molecule has 2 heterocycles. The molecule has 6 heteroatoms. The van der Waals surface area contributed by atoms with Gasteiger partial charge in [0.1, 0.15) is 0 Å². The molecule has 0 saturated carbocycles. The van der Waals surface area contributed by atoms with Crippen LogP contribution in [0.25, 0.3) is 0 Å². The van der Waals surface area contributed by atoms with E-state index in [2.05, 4.69) is 4.98 Å². The third kappa shape index (κ3) is 4.94. The summed E-state index contributed by atoms with van der Waals surface area (Å²) >= 11 is 0. The maximum absolute atomic E-state index is 12.8. The molecule has 1 N–H and O–H groups in total. The van der Waals surface area contributed by atoms with Crippen LogP contribution in [-0.2, 0) is 4.79 Å². The van der Waals surface area contributed by atoms with Crippen LogP contribution in [0, 0.1) is 5.92 Å². The molecule has 1 aromatic heterocycles. The molecule has 23 heavy (non-hydrogen) atoms. The lowest BCUT2D eigenvalue weighted by Gasteiger charge is -2.32. The van der Waals surface area contributed by atoms with Crippen molar-refractivity contribution in [3.05, 3.63) is 24.0 Å². The average Bonchev–Trinajstić information content (AvgIpc) is 2.52. The van der Waals surface area contributed by atoms with Gasteiger partial charge >= 0.3 is 5.97 Å². The van der Waals surface area contributed by atoms with E-state index >= 15 is 0 Å². The van der Waals surface area contributed by atoms with Gasteiger partial charge < -0.3 is 14.7 Å². The van der Waals surface area contributed by atoms with Crippen molar-refractivity contribution < 1.29 is 19.4 Å². The molecule has 0 spiro atoms. The van der Waals surface area contributed by atoms with Gasteiger partial charge in [0.2, 0.25) is 0 Å². The van der Waals surface area contributed by atoms with Crippen molar-refractivity contribution in [1.29, 1.82) is 0 Å². The average molecular weight is 320 g/mol. The predicted molar refractivity (Wildman–Crippen MR) is 85.5 cm³/mol. The lowest BCUT2D eigenvalue weighted by atomic mass is 9.93. The summed E-state index contributed by atoms with van der Waals surface area (Å²) in [4.78, 5) is 29.4. The van der Waals surface area contributed by atoms with E-state index in [0.29, 0.717) is 31.0 Å². The molecule has 0 bridgehead atoms. The topological polar surface area (TPSA) is 79.7 Å². The Hall–Kier alpha value is -2.11. The van der Waals surface area contributed by atoms with Crippen LogP contribution in [0.3, 0.4) is 0 Å². The highest BCUT2D eigenvalue weighted by molar-refractivity contribution is 5.95. The van der Waals surface area contributed by atoms with Crippen molar-refractivity contribution >= 4 is 11.9 Å². The normalized spacial score (nSPS) is 18.0. The van der Waals surface area contributed by atoms with E-state index < -0.39 is 5.97 Å². The number of carboxylic acids is 1. The van der Waals surface area contributed by atoms with Gasteiger partial charge in [0, 0.05) is 25.7 Å². The van der Waals surface area contributed by atoms with Crippen LogP contribution >= 0.6 is 0 Å². The van der Waals surface area contributed by atoms with Gasteiger partial charge in [-0.1, -0.05) is 0 Å². The summed E-state index contributed by atoms with van der Waals surface area (Å²) in [6, 6.07) is 3.51. The van der Waals surface area contributed by atoms with Crippen molar-refractivity contribution in [2.75, 3.05) is 13.1 Å². The monoisotopic (exact) mass is 320 g/mol. The van der Waals surface area contributed by atoms with Gasteiger partial charge in [-0.2, -0.15) is 0 Å². The molecular formula is C17H24N2O4. The van der Waals surface area contributed by atoms with E-state index in [9.17, 15) is 9.59 Å². The Morgan fingerprint density at radius 3 is 2.96 bits per heavy atom. The van der Waals surface area contributed by atoms with Crippen LogP contribution in [0.2, 0.25) is 0 Å². The number of nitrogens with zero attached hydrogens (tertiary/aromatic N) is 2. The number of piperidine rings is 1. The number of carboxylic acid groups (broad SMARTS) is 1. The number of hydrogen-bond donors (Lipinski definition) is 1. The minimum Gasteiger partial charge on any atom is -0.489 e. The predicted octanol–water partition coefficient (Wildman–Crippen LogP) is 2.59. The summed E-state index contributed by atoms with van der Waals surface area (Å²) in [6.07, 6.45) is 4.18. The molecule has 126 valence electrons. The summed E-state index contributed by atoms with van der Waals surface area (Å²) in [5.74, 6) is -0.186. The molecule has 1 aromatic rings. The molecule has 0 radical (unpaired) electrons. The van der Waals surface area contributed by atoms with Crippen molar-refractivity contribution in [2.45, 2.75) is 45.6 Å². The number of pyridine rings is 1. The summed E-state index contributed by atoms with van der Waals surface area (Å²) in [5, 5.41) is 8.81. The lowest BCUT2D eigenvalue weighted by Crippen LogP contribution is -2.40. The first-order valence-electron chi connectivity index (χ1n) is 8.10. The Labute approximate surface area is 136 Å². The van der Waals surface area contributed by atoms with Gasteiger partial charge in [0.15, 0.2) is 11.4 Å². The first-order chi connectivity index (χ1) is 11.0. The molecule has 1 fully saturated rings. The number of carbonyl (C=O) groups is 2.